The highest BCUT2D eigenvalue weighted by Gasteiger charge is 2.33. The van der Waals surface area contributed by atoms with Gasteiger partial charge in [-0.2, -0.15) is 0 Å². The van der Waals surface area contributed by atoms with Gasteiger partial charge in [-0.05, 0) is 66.1 Å². The van der Waals surface area contributed by atoms with Gasteiger partial charge in [0.25, 0.3) is 0 Å². The number of para-hydroxylation sites is 2. The predicted molar refractivity (Wildman–Crippen MR) is 144 cm³/mol. The molecular weight excluding hydrogens is 444 g/mol. The van der Waals surface area contributed by atoms with Crippen LogP contribution in [0.5, 0.6) is 11.5 Å². The molecule has 7 rings (SSSR count). The number of hydrogen-bond donors (Lipinski definition) is 0. The number of benzene rings is 4. The topological polar surface area (TPSA) is 38.5 Å². The lowest BCUT2D eigenvalue weighted by Gasteiger charge is -2.29. The first-order chi connectivity index (χ1) is 17.8. The summed E-state index contributed by atoms with van der Waals surface area (Å²) < 4.78 is 13.2. The average molecular weight is 467 g/mol. The maximum Gasteiger partial charge on any atom is 0.249 e. The Morgan fingerprint density at radius 2 is 1.53 bits per heavy atom. The van der Waals surface area contributed by atoms with Crippen LogP contribution in [0.15, 0.2) is 120 Å². The van der Waals surface area contributed by atoms with Crippen molar-refractivity contribution in [2.75, 3.05) is 4.90 Å². The molecule has 3 heterocycles. The second-order valence-electron chi connectivity index (χ2n) is 8.91. The third-order valence-corrected chi connectivity index (χ3v) is 6.66. The lowest BCUT2D eigenvalue weighted by molar-refractivity contribution is 0.464. The molecule has 0 saturated heterocycles. The van der Waals surface area contributed by atoms with E-state index < -0.39 is 0 Å². The minimum absolute atomic E-state index is 0.667. The number of aryl methyl sites for hydroxylation is 1. The van der Waals surface area contributed by atoms with Crippen molar-refractivity contribution in [3.8, 4) is 33.9 Å². The van der Waals surface area contributed by atoms with Crippen LogP contribution in [0.25, 0.3) is 33.4 Å². The Kier molecular flexibility index (Phi) is 4.64. The molecule has 4 aromatic carbocycles. The van der Waals surface area contributed by atoms with Gasteiger partial charge in [0.15, 0.2) is 11.5 Å². The summed E-state index contributed by atoms with van der Waals surface area (Å²) >= 11 is 0. The number of fused-ring (bicyclic) bond motifs is 4. The summed E-state index contributed by atoms with van der Waals surface area (Å²) in [6.45, 7) is 2.09. The number of pyridine rings is 1. The number of nitrogens with zero attached hydrogens (tertiary/aromatic N) is 2. The standard InChI is InChI=1S/C32H22N2O2/c1-21-17-18-25(26-14-7-8-19-33-26)30-29(21)31-32(36-30)34(27-15-5-6-16-28(27)35-31)24-13-9-12-23(20-24)22-10-3-2-4-11-22/h2-20H,1H3. The van der Waals surface area contributed by atoms with Crippen molar-refractivity contribution >= 4 is 28.2 Å². The molecule has 0 unspecified atom stereocenters. The summed E-state index contributed by atoms with van der Waals surface area (Å²) in [4.78, 5) is 6.74. The molecule has 0 radical (unpaired) electrons. The van der Waals surface area contributed by atoms with Crippen LogP contribution in [0.1, 0.15) is 5.56 Å². The van der Waals surface area contributed by atoms with Gasteiger partial charge >= 0.3 is 0 Å². The molecule has 0 fully saturated rings. The first-order valence-corrected chi connectivity index (χ1v) is 12.0. The highest BCUT2D eigenvalue weighted by atomic mass is 16.5. The van der Waals surface area contributed by atoms with Crippen molar-refractivity contribution in [2.24, 2.45) is 0 Å². The van der Waals surface area contributed by atoms with Crippen LogP contribution in [0.4, 0.5) is 17.3 Å². The van der Waals surface area contributed by atoms with Crippen molar-refractivity contribution in [3.05, 3.63) is 121 Å². The van der Waals surface area contributed by atoms with E-state index in [1.807, 2.05) is 42.5 Å². The summed E-state index contributed by atoms with van der Waals surface area (Å²) in [5.74, 6) is 2.19. The second-order valence-corrected chi connectivity index (χ2v) is 8.91. The number of furan rings is 1. The van der Waals surface area contributed by atoms with Crippen LogP contribution in [0.3, 0.4) is 0 Å². The van der Waals surface area contributed by atoms with Crippen molar-refractivity contribution < 1.29 is 9.15 Å². The Balaban J connectivity index is 1.49. The van der Waals surface area contributed by atoms with E-state index in [9.17, 15) is 0 Å². The van der Waals surface area contributed by atoms with Gasteiger partial charge in [-0.3, -0.25) is 9.88 Å². The minimum Gasteiger partial charge on any atom is -0.449 e. The van der Waals surface area contributed by atoms with Crippen molar-refractivity contribution in [1.82, 2.24) is 4.98 Å². The molecule has 6 aromatic rings. The van der Waals surface area contributed by atoms with Crippen molar-refractivity contribution in [3.63, 3.8) is 0 Å². The minimum atomic E-state index is 0.667. The molecule has 0 spiro atoms. The summed E-state index contributed by atoms with van der Waals surface area (Å²) in [7, 11) is 0. The predicted octanol–water partition coefficient (Wildman–Crippen LogP) is 9.05. The van der Waals surface area contributed by atoms with E-state index in [4.69, 9.17) is 9.15 Å². The van der Waals surface area contributed by atoms with Crippen LogP contribution in [-0.4, -0.2) is 4.98 Å². The summed E-state index contributed by atoms with van der Waals surface area (Å²) in [6, 6.07) is 37.1. The molecule has 0 atom stereocenters. The highest BCUT2D eigenvalue weighted by molar-refractivity contribution is 6.03. The van der Waals surface area contributed by atoms with Gasteiger partial charge in [0.2, 0.25) is 5.88 Å². The fourth-order valence-electron chi connectivity index (χ4n) is 4.94. The Morgan fingerprint density at radius 3 is 2.39 bits per heavy atom. The zero-order chi connectivity index (χ0) is 24.1. The molecule has 2 aromatic heterocycles. The van der Waals surface area contributed by atoms with Crippen LogP contribution >= 0.6 is 0 Å². The summed E-state index contributed by atoms with van der Waals surface area (Å²) in [5, 5.41) is 0.965. The molecule has 0 saturated carbocycles. The molecular formula is C32H22N2O2. The largest absolute Gasteiger partial charge is 0.449 e. The fourth-order valence-corrected chi connectivity index (χ4v) is 4.94. The van der Waals surface area contributed by atoms with Crippen LogP contribution in [-0.2, 0) is 0 Å². The highest BCUT2D eigenvalue weighted by Crippen LogP contribution is 2.56. The normalized spacial score (nSPS) is 12.2. The Hall–Kier alpha value is -4.83. The lowest BCUT2D eigenvalue weighted by atomic mass is 10.0. The molecule has 0 bridgehead atoms. The first kappa shape index (κ1) is 20.5. The van der Waals surface area contributed by atoms with Crippen molar-refractivity contribution in [1.29, 1.82) is 0 Å². The zero-order valence-corrected chi connectivity index (χ0v) is 19.7. The fraction of sp³-hybridized carbons (Fsp3) is 0.0312. The van der Waals surface area contributed by atoms with E-state index in [2.05, 4.69) is 83.5 Å². The quantitative estimate of drug-likeness (QED) is 0.260. The molecule has 0 N–H and O–H groups in total. The van der Waals surface area contributed by atoms with Crippen LogP contribution in [0.2, 0.25) is 0 Å². The second kappa shape index (κ2) is 8.14. The Morgan fingerprint density at radius 1 is 0.722 bits per heavy atom. The van der Waals surface area contributed by atoms with Crippen LogP contribution in [0, 0.1) is 6.92 Å². The summed E-state index contributed by atoms with van der Waals surface area (Å²) in [5.41, 5.74) is 7.91. The molecule has 4 heteroatoms. The number of hydrogen-bond acceptors (Lipinski definition) is 4. The van der Waals surface area contributed by atoms with Gasteiger partial charge in [-0.15, -0.1) is 0 Å². The Bertz CT molecular complexity index is 1720. The molecule has 1 aliphatic rings. The maximum atomic E-state index is 6.69. The SMILES string of the molecule is Cc1ccc(-c2ccccn2)c2oc3c(c12)Oc1ccccc1N3c1cccc(-c2ccccc2)c1. The Labute approximate surface area is 209 Å². The van der Waals surface area contributed by atoms with E-state index in [1.54, 1.807) is 6.20 Å². The van der Waals surface area contributed by atoms with Gasteiger partial charge in [0.05, 0.1) is 16.8 Å². The summed E-state index contributed by atoms with van der Waals surface area (Å²) in [6.07, 6.45) is 1.80. The van der Waals surface area contributed by atoms with Gasteiger partial charge in [0.1, 0.15) is 5.58 Å². The number of rotatable bonds is 3. The smallest absolute Gasteiger partial charge is 0.249 e. The van der Waals surface area contributed by atoms with E-state index in [1.165, 1.54) is 5.56 Å². The first-order valence-electron chi connectivity index (χ1n) is 12.0. The van der Waals surface area contributed by atoms with E-state index >= 15 is 0 Å². The molecule has 0 aliphatic carbocycles. The van der Waals surface area contributed by atoms with Crippen molar-refractivity contribution in [2.45, 2.75) is 6.92 Å². The monoisotopic (exact) mass is 466 g/mol. The van der Waals surface area contributed by atoms with E-state index in [0.717, 1.165) is 56.2 Å². The maximum absolute atomic E-state index is 6.69. The molecule has 172 valence electrons. The molecule has 1 aliphatic heterocycles. The van der Waals surface area contributed by atoms with Gasteiger partial charge < -0.3 is 9.15 Å². The number of aromatic nitrogens is 1. The average Bonchev–Trinajstić information content (AvgIpc) is 3.32. The number of ether oxygens (including phenoxy) is 1. The third-order valence-electron chi connectivity index (χ3n) is 6.66. The van der Waals surface area contributed by atoms with Crippen LogP contribution < -0.4 is 9.64 Å². The van der Waals surface area contributed by atoms with Gasteiger partial charge in [-0.1, -0.05) is 66.7 Å². The van der Waals surface area contributed by atoms with E-state index in [-0.39, 0.29) is 0 Å². The molecule has 36 heavy (non-hydrogen) atoms. The van der Waals surface area contributed by atoms with Gasteiger partial charge in [-0.25, -0.2) is 0 Å². The third kappa shape index (κ3) is 3.19. The zero-order valence-electron chi connectivity index (χ0n) is 19.7. The van der Waals surface area contributed by atoms with Gasteiger partial charge in [0, 0.05) is 17.4 Å². The molecule has 0 amide bonds. The lowest BCUT2D eigenvalue weighted by Crippen LogP contribution is -2.14. The molecule has 4 nitrogen and oxygen atoms in total. The number of anilines is 3. The van der Waals surface area contributed by atoms with E-state index in [0.29, 0.717) is 5.88 Å².